The van der Waals surface area contributed by atoms with Crippen LogP contribution in [0.2, 0.25) is 0 Å². The molecule has 0 saturated carbocycles. The van der Waals surface area contributed by atoms with Gasteiger partial charge in [0.15, 0.2) is 0 Å². The van der Waals surface area contributed by atoms with Crippen LogP contribution in [0, 0.1) is 6.92 Å². The highest BCUT2D eigenvalue weighted by Crippen LogP contribution is 2.27. The number of hydrogen-bond donors (Lipinski definition) is 1. The van der Waals surface area contributed by atoms with Gasteiger partial charge in [-0.05, 0) is 25.5 Å². The number of carbonyl (C=O) groups is 1. The Hall–Kier alpha value is -2.59. The maximum Gasteiger partial charge on any atom is 0.280 e. The van der Waals surface area contributed by atoms with Crippen LogP contribution in [0.5, 0.6) is 0 Å². The van der Waals surface area contributed by atoms with Crippen LogP contribution in [0.25, 0.3) is 21.5 Å². The van der Waals surface area contributed by atoms with Gasteiger partial charge < -0.3 is 10.6 Å². The van der Waals surface area contributed by atoms with Gasteiger partial charge in [0.2, 0.25) is 5.91 Å². The maximum atomic E-state index is 13.8. The number of hydrogen-bond acceptors (Lipinski definition) is 7. The Morgan fingerprint density at radius 1 is 1.32 bits per heavy atom. The molecule has 2 N–H and O–H groups in total. The Morgan fingerprint density at radius 3 is 2.86 bits per heavy atom. The fourth-order valence-electron chi connectivity index (χ4n) is 3.14. The zero-order valence-corrected chi connectivity index (χ0v) is 15.9. The molecule has 1 unspecified atom stereocenters. The van der Waals surface area contributed by atoms with Crippen molar-refractivity contribution >= 4 is 28.1 Å². The number of pyridine rings is 2. The molecular weight excluding hydrogens is 386 g/mol. The maximum absolute atomic E-state index is 13.8. The van der Waals surface area contributed by atoms with Gasteiger partial charge >= 0.3 is 0 Å². The molecule has 0 aliphatic carbocycles. The van der Waals surface area contributed by atoms with Gasteiger partial charge in [-0.1, -0.05) is 11.3 Å². The summed E-state index contributed by atoms with van der Waals surface area (Å²) in [5.41, 5.74) is 7.44. The minimum atomic E-state index is -3.07. The molecule has 0 spiro atoms. The Bertz CT molecular complexity index is 1040. The zero-order chi connectivity index (χ0) is 19.9. The predicted octanol–water partition coefficient (Wildman–Crippen LogP) is 2.19. The van der Waals surface area contributed by atoms with E-state index in [1.807, 2.05) is 13.0 Å². The van der Waals surface area contributed by atoms with Crippen molar-refractivity contribution in [1.82, 2.24) is 25.1 Å². The summed E-state index contributed by atoms with van der Waals surface area (Å²) < 4.78 is 27.6. The second-order valence-corrected chi connectivity index (χ2v) is 8.05. The SMILES string of the molecule is Cc1nnc(-c2cnc3cnc(CC(=O)N4CCC(N)C(F)(F)C4)cc3c2)s1. The number of nitrogens with two attached hydrogens (primary N) is 1. The fraction of sp³-hybridized carbons (Fsp3) is 0.389. The summed E-state index contributed by atoms with van der Waals surface area (Å²) >= 11 is 1.46. The largest absolute Gasteiger partial charge is 0.336 e. The third-order valence-corrected chi connectivity index (χ3v) is 5.62. The van der Waals surface area contributed by atoms with Crippen molar-refractivity contribution in [2.75, 3.05) is 13.1 Å². The van der Waals surface area contributed by atoms with Crippen LogP contribution in [0.3, 0.4) is 0 Å². The number of fused-ring (bicyclic) bond motifs is 1. The Balaban J connectivity index is 1.55. The van der Waals surface area contributed by atoms with Gasteiger partial charge in [0.1, 0.15) is 10.0 Å². The molecule has 0 radical (unpaired) electrons. The Labute approximate surface area is 163 Å². The third-order valence-electron chi connectivity index (χ3n) is 4.74. The monoisotopic (exact) mass is 404 g/mol. The van der Waals surface area contributed by atoms with Gasteiger partial charge in [0.05, 0.1) is 36.4 Å². The quantitative estimate of drug-likeness (QED) is 0.719. The topological polar surface area (TPSA) is 97.9 Å². The van der Waals surface area contributed by atoms with E-state index in [9.17, 15) is 13.6 Å². The summed E-state index contributed by atoms with van der Waals surface area (Å²) in [6.45, 7) is 1.45. The van der Waals surface area contributed by atoms with E-state index in [4.69, 9.17) is 5.73 Å². The van der Waals surface area contributed by atoms with Crippen LogP contribution in [0.1, 0.15) is 17.1 Å². The molecule has 4 rings (SSSR count). The second-order valence-electron chi connectivity index (χ2n) is 6.87. The van der Waals surface area contributed by atoms with Crippen molar-refractivity contribution in [3.05, 3.63) is 35.2 Å². The van der Waals surface area contributed by atoms with Gasteiger partial charge in [0.25, 0.3) is 5.92 Å². The van der Waals surface area contributed by atoms with Crippen molar-refractivity contribution in [1.29, 1.82) is 0 Å². The lowest BCUT2D eigenvalue weighted by Gasteiger charge is -2.36. The zero-order valence-electron chi connectivity index (χ0n) is 15.1. The van der Waals surface area contributed by atoms with Crippen LogP contribution in [0.4, 0.5) is 8.78 Å². The smallest absolute Gasteiger partial charge is 0.280 e. The van der Waals surface area contributed by atoms with Gasteiger partial charge in [-0.2, -0.15) is 0 Å². The Kier molecular flexibility index (Phi) is 4.76. The lowest BCUT2D eigenvalue weighted by atomic mass is 10.0. The van der Waals surface area contributed by atoms with Gasteiger partial charge in [0, 0.05) is 23.7 Å². The minimum Gasteiger partial charge on any atom is -0.336 e. The van der Waals surface area contributed by atoms with Crippen molar-refractivity contribution in [3.63, 3.8) is 0 Å². The summed E-state index contributed by atoms with van der Waals surface area (Å²) in [6, 6.07) is 2.46. The molecule has 0 bridgehead atoms. The highest BCUT2D eigenvalue weighted by molar-refractivity contribution is 7.14. The lowest BCUT2D eigenvalue weighted by Crippen LogP contribution is -2.56. The average molecular weight is 404 g/mol. The molecule has 0 aromatic carbocycles. The average Bonchev–Trinajstić information content (AvgIpc) is 3.09. The van der Waals surface area contributed by atoms with E-state index in [0.29, 0.717) is 11.2 Å². The number of likely N-dealkylation sites (tertiary alicyclic amines) is 1. The van der Waals surface area contributed by atoms with E-state index in [0.717, 1.165) is 25.9 Å². The van der Waals surface area contributed by atoms with Crippen LogP contribution in [0.15, 0.2) is 24.5 Å². The van der Waals surface area contributed by atoms with E-state index in [1.165, 1.54) is 11.3 Å². The molecule has 10 heteroatoms. The van der Waals surface area contributed by atoms with Crippen LogP contribution < -0.4 is 5.73 Å². The lowest BCUT2D eigenvalue weighted by molar-refractivity contribution is -0.143. The number of halogens is 2. The van der Waals surface area contributed by atoms with E-state index >= 15 is 0 Å². The van der Waals surface area contributed by atoms with E-state index in [1.54, 1.807) is 18.5 Å². The molecule has 3 aromatic heterocycles. The summed E-state index contributed by atoms with van der Waals surface area (Å²) in [5.74, 6) is -3.45. The highest BCUT2D eigenvalue weighted by atomic mass is 32.1. The van der Waals surface area contributed by atoms with E-state index < -0.39 is 18.5 Å². The van der Waals surface area contributed by atoms with Crippen molar-refractivity contribution in [2.45, 2.75) is 31.7 Å². The first kappa shape index (κ1) is 18.8. The minimum absolute atomic E-state index is 0.0522. The van der Waals surface area contributed by atoms with Crippen molar-refractivity contribution < 1.29 is 13.6 Å². The number of nitrogens with zero attached hydrogens (tertiary/aromatic N) is 5. The molecule has 1 atom stereocenters. The molecule has 7 nitrogen and oxygen atoms in total. The first-order valence-electron chi connectivity index (χ1n) is 8.78. The molecule has 1 amide bonds. The first-order chi connectivity index (χ1) is 13.3. The molecule has 1 aliphatic rings. The summed E-state index contributed by atoms with van der Waals surface area (Å²) in [4.78, 5) is 22.3. The van der Waals surface area contributed by atoms with E-state index in [2.05, 4.69) is 20.2 Å². The summed E-state index contributed by atoms with van der Waals surface area (Å²) in [6.07, 6.45) is 3.31. The van der Waals surface area contributed by atoms with Gasteiger partial charge in [-0.25, -0.2) is 8.78 Å². The fourth-order valence-corrected chi connectivity index (χ4v) is 3.81. The number of alkyl halides is 2. The van der Waals surface area contributed by atoms with E-state index in [-0.39, 0.29) is 25.3 Å². The number of aromatic nitrogens is 4. The van der Waals surface area contributed by atoms with Crippen molar-refractivity contribution in [2.24, 2.45) is 5.73 Å². The molecule has 1 fully saturated rings. The molecule has 3 aromatic rings. The first-order valence-corrected chi connectivity index (χ1v) is 9.60. The van der Waals surface area contributed by atoms with Crippen LogP contribution in [-0.2, 0) is 11.2 Å². The summed E-state index contributed by atoms with van der Waals surface area (Å²) in [7, 11) is 0. The van der Waals surface area contributed by atoms with Gasteiger partial charge in [-0.3, -0.25) is 14.8 Å². The second kappa shape index (κ2) is 7.10. The number of amides is 1. The van der Waals surface area contributed by atoms with Crippen LogP contribution in [-0.4, -0.2) is 56.0 Å². The normalized spacial score (nSPS) is 19.1. The number of aryl methyl sites for hydroxylation is 1. The molecule has 1 aliphatic heterocycles. The molecule has 4 heterocycles. The van der Waals surface area contributed by atoms with Crippen molar-refractivity contribution in [3.8, 4) is 10.6 Å². The molecule has 28 heavy (non-hydrogen) atoms. The number of carbonyl (C=O) groups excluding carboxylic acids is 1. The highest BCUT2D eigenvalue weighted by Gasteiger charge is 2.43. The summed E-state index contributed by atoms with van der Waals surface area (Å²) in [5, 5.41) is 10.5. The Morgan fingerprint density at radius 2 is 2.14 bits per heavy atom. The van der Waals surface area contributed by atoms with Crippen LogP contribution >= 0.6 is 11.3 Å². The molecule has 146 valence electrons. The van der Waals surface area contributed by atoms with Gasteiger partial charge in [-0.15, -0.1) is 10.2 Å². The molecular formula is C18H18F2N6OS. The standard InChI is InChI=1S/C18H18F2N6OS/c1-10-24-25-17(28-10)12-4-11-5-13(22-8-14(11)23-7-12)6-16(27)26-3-2-15(21)18(19,20)9-26/h4-5,7-8,15H,2-3,6,9,21H2,1H3. The number of piperidine rings is 1. The number of rotatable bonds is 3. The predicted molar refractivity (Wildman–Crippen MR) is 101 cm³/mol. The third kappa shape index (κ3) is 3.69. The molecule has 1 saturated heterocycles.